The van der Waals surface area contributed by atoms with E-state index >= 15 is 0 Å². The van der Waals surface area contributed by atoms with Crippen LogP contribution in [0.4, 0.5) is 0 Å². The molecule has 2 heterocycles. The largest absolute Gasteiger partial charge is 0.381 e. The fraction of sp³-hybridized carbons (Fsp3) is 1.00. The van der Waals surface area contributed by atoms with Gasteiger partial charge in [0.2, 0.25) is 0 Å². The molecule has 0 radical (unpaired) electrons. The van der Waals surface area contributed by atoms with Crippen molar-refractivity contribution in [2.75, 3.05) is 39.2 Å². The van der Waals surface area contributed by atoms with E-state index in [0.717, 1.165) is 33.0 Å². The second kappa shape index (κ2) is 6.24. The summed E-state index contributed by atoms with van der Waals surface area (Å²) in [5.41, 5.74) is 0. The molecule has 2 rings (SSSR count). The molecule has 94 valence electrons. The molecule has 0 aromatic heterocycles. The highest BCUT2D eigenvalue weighted by Crippen LogP contribution is 2.33. The second-order valence-electron chi connectivity index (χ2n) is 4.77. The van der Waals surface area contributed by atoms with Crippen LogP contribution in [0.1, 0.15) is 25.7 Å². The van der Waals surface area contributed by atoms with E-state index in [2.05, 4.69) is 11.6 Å². The Morgan fingerprint density at radius 1 is 1.12 bits per heavy atom. The van der Waals surface area contributed by atoms with E-state index < -0.39 is 0 Å². The molecule has 0 unspecified atom stereocenters. The summed E-state index contributed by atoms with van der Waals surface area (Å²) in [5.74, 6) is 0. The summed E-state index contributed by atoms with van der Waals surface area (Å²) in [4.78, 5) is 0. The maximum atomic E-state index is 5.46. The maximum Gasteiger partial charge on any atom is 0.0480 e. The van der Waals surface area contributed by atoms with Crippen LogP contribution in [0.15, 0.2) is 0 Å². The average molecular weight is 245 g/mol. The quantitative estimate of drug-likeness (QED) is 0.816. The van der Waals surface area contributed by atoms with Crippen molar-refractivity contribution in [3.05, 3.63) is 0 Å². The third kappa shape index (κ3) is 3.36. The van der Waals surface area contributed by atoms with E-state index in [1.807, 2.05) is 11.8 Å². The van der Waals surface area contributed by atoms with Crippen LogP contribution in [-0.2, 0) is 9.47 Å². The van der Waals surface area contributed by atoms with Gasteiger partial charge in [-0.1, -0.05) is 0 Å². The lowest BCUT2D eigenvalue weighted by Gasteiger charge is -2.37. The highest BCUT2D eigenvalue weighted by molar-refractivity contribution is 8.00. The minimum absolute atomic E-state index is 0.413. The molecular weight excluding hydrogens is 222 g/mol. The first-order valence-electron chi connectivity index (χ1n) is 6.29. The highest BCUT2D eigenvalue weighted by atomic mass is 32.2. The van der Waals surface area contributed by atoms with Gasteiger partial charge < -0.3 is 14.8 Å². The maximum absolute atomic E-state index is 5.46. The van der Waals surface area contributed by atoms with Crippen molar-refractivity contribution >= 4 is 11.8 Å². The summed E-state index contributed by atoms with van der Waals surface area (Å²) in [6.07, 6.45) is 6.94. The Labute approximate surface area is 103 Å². The van der Waals surface area contributed by atoms with Gasteiger partial charge in [0.15, 0.2) is 0 Å². The monoisotopic (exact) mass is 245 g/mol. The number of thioether (sulfide) groups is 1. The Morgan fingerprint density at radius 2 is 1.75 bits per heavy atom. The summed E-state index contributed by atoms with van der Waals surface area (Å²) in [6, 6.07) is 0.667. The van der Waals surface area contributed by atoms with Gasteiger partial charge in [-0.25, -0.2) is 0 Å². The van der Waals surface area contributed by atoms with Gasteiger partial charge in [-0.2, -0.15) is 11.8 Å². The highest BCUT2D eigenvalue weighted by Gasteiger charge is 2.32. The van der Waals surface area contributed by atoms with Crippen LogP contribution in [-0.4, -0.2) is 50.0 Å². The molecule has 1 N–H and O–H groups in total. The van der Waals surface area contributed by atoms with Crippen molar-refractivity contribution in [2.45, 2.75) is 36.5 Å². The Morgan fingerprint density at radius 3 is 2.38 bits per heavy atom. The molecule has 2 saturated heterocycles. The number of rotatable bonds is 4. The van der Waals surface area contributed by atoms with Gasteiger partial charge in [0.05, 0.1) is 0 Å². The van der Waals surface area contributed by atoms with Crippen molar-refractivity contribution in [3.8, 4) is 0 Å². The smallest absolute Gasteiger partial charge is 0.0480 e. The number of nitrogens with one attached hydrogen (secondary N) is 1. The van der Waals surface area contributed by atoms with E-state index in [4.69, 9.17) is 9.47 Å². The summed E-state index contributed by atoms with van der Waals surface area (Å²) in [7, 11) is 0. The van der Waals surface area contributed by atoms with Crippen LogP contribution in [0.3, 0.4) is 0 Å². The lowest BCUT2D eigenvalue weighted by molar-refractivity contribution is 0.0648. The molecular formula is C12H23NO2S. The molecule has 2 fully saturated rings. The zero-order valence-electron chi connectivity index (χ0n) is 10.2. The minimum Gasteiger partial charge on any atom is -0.381 e. The molecule has 0 aliphatic carbocycles. The zero-order chi connectivity index (χ0) is 11.3. The van der Waals surface area contributed by atoms with Crippen LogP contribution in [0, 0.1) is 0 Å². The average Bonchev–Trinajstić information content (AvgIpc) is 2.39. The van der Waals surface area contributed by atoms with Crippen LogP contribution < -0.4 is 5.32 Å². The van der Waals surface area contributed by atoms with E-state index in [-0.39, 0.29) is 0 Å². The molecule has 0 amide bonds. The number of hydrogen-bond acceptors (Lipinski definition) is 4. The molecule has 0 aromatic rings. The molecule has 2 aliphatic heterocycles. The van der Waals surface area contributed by atoms with Crippen LogP contribution in [0.25, 0.3) is 0 Å². The van der Waals surface area contributed by atoms with E-state index in [0.29, 0.717) is 10.8 Å². The fourth-order valence-corrected chi connectivity index (χ4v) is 3.23. The summed E-state index contributed by atoms with van der Waals surface area (Å²) >= 11 is 2.01. The van der Waals surface area contributed by atoms with Crippen molar-refractivity contribution in [2.24, 2.45) is 0 Å². The predicted octanol–water partition coefficient (Wildman–Crippen LogP) is 1.67. The molecule has 0 aromatic carbocycles. The molecule has 0 atom stereocenters. The molecule has 0 spiro atoms. The van der Waals surface area contributed by atoms with Crippen molar-refractivity contribution in [1.82, 2.24) is 5.32 Å². The third-order valence-corrected chi connectivity index (χ3v) is 5.19. The standard InChI is InChI=1S/C12H23NO2S/c1-16-12(4-8-15-9-5-12)10-13-11-2-6-14-7-3-11/h11,13H,2-10H2,1H3. The van der Waals surface area contributed by atoms with E-state index in [1.165, 1.54) is 25.7 Å². The first-order chi connectivity index (χ1) is 7.85. The molecule has 0 bridgehead atoms. The Balaban J connectivity index is 1.77. The first-order valence-corrected chi connectivity index (χ1v) is 7.51. The van der Waals surface area contributed by atoms with Crippen molar-refractivity contribution < 1.29 is 9.47 Å². The fourth-order valence-electron chi connectivity index (χ4n) is 2.43. The number of ether oxygens (including phenoxy) is 2. The van der Waals surface area contributed by atoms with E-state index in [1.54, 1.807) is 0 Å². The van der Waals surface area contributed by atoms with Gasteiger partial charge in [0, 0.05) is 43.8 Å². The van der Waals surface area contributed by atoms with Gasteiger partial charge in [-0.3, -0.25) is 0 Å². The predicted molar refractivity (Wildman–Crippen MR) is 68.1 cm³/mol. The molecule has 3 nitrogen and oxygen atoms in total. The zero-order valence-corrected chi connectivity index (χ0v) is 11.0. The lowest BCUT2D eigenvalue weighted by atomic mass is 9.98. The van der Waals surface area contributed by atoms with Gasteiger partial charge in [-0.05, 0) is 31.9 Å². The SMILES string of the molecule is CSC1(CNC2CCOCC2)CCOCC1. The third-order valence-electron chi connectivity index (χ3n) is 3.77. The Kier molecular flexibility index (Phi) is 4.95. The van der Waals surface area contributed by atoms with E-state index in [9.17, 15) is 0 Å². The molecule has 0 saturated carbocycles. The van der Waals surface area contributed by atoms with Gasteiger partial charge in [0.25, 0.3) is 0 Å². The number of hydrogen-bond donors (Lipinski definition) is 1. The van der Waals surface area contributed by atoms with Gasteiger partial charge >= 0.3 is 0 Å². The summed E-state index contributed by atoms with van der Waals surface area (Å²) in [6.45, 7) is 4.83. The topological polar surface area (TPSA) is 30.5 Å². The Bertz CT molecular complexity index is 201. The lowest BCUT2D eigenvalue weighted by Crippen LogP contribution is -2.46. The Hall–Kier alpha value is 0.230. The van der Waals surface area contributed by atoms with Crippen LogP contribution in [0.5, 0.6) is 0 Å². The van der Waals surface area contributed by atoms with Crippen molar-refractivity contribution in [3.63, 3.8) is 0 Å². The summed E-state index contributed by atoms with van der Waals surface area (Å²) < 4.78 is 11.2. The molecule has 16 heavy (non-hydrogen) atoms. The van der Waals surface area contributed by atoms with Gasteiger partial charge in [0.1, 0.15) is 0 Å². The first kappa shape index (κ1) is 12.7. The van der Waals surface area contributed by atoms with Crippen LogP contribution >= 0.6 is 11.8 Å². The molecule has 2 aliphatic rings. The van der Waals surface area contributed by atoms with Crippen molar-refractivity contribution in [1.29, 1.82) is 0 Å². The van der Waals surface area contributed by atoms with Crippen LogP contribution in [0.2, 0.25) is 0 Å². The minimum atomic E-state index is 0.413. The summed E-state index contributed by atoms with van der Waals surface area (Å²) in [5, 5.41) is 3.73. The second-order valence-corrected chi connectivity index (χ2v) is 6.04. The van der Waals surface area contributed by atoms with Gasteiger partial charge in [-0.15, -0.1) is 0 Å². The normalized spacial score (nSPS) is 26.8. The molecule has 4 heteroatoms.